The van der Waals surface area contributed by atoms with Gasteiger partial charge < -0.3 is 20.8 Å². The van der Waals surface area contributed by atoms with Crippen LogP contribution in [0.15, 0.2) is 78.9 Å². The number of hydrogen-bond acceptors (Lipinski definition) is 8. The molecule has 11 nitrogen and oxygen atoms in total. The highest BCUT2D eigenvalue weighted by Gasteiger charge is 2.14. The first-order valence-electron chi connectivity index (χ1n) is 10.8. The molecule has 0 bridgehead atoms. The number of aliphatic carboxylic acids is 2. The number of non-ortho nitro benzene ring substituents is 1. The lowest BCUT2D eigenvalue weighted by atomic mass is 10.2. The van der Waals surface area contributed by atoms with Gasteiger partial charge in [0.15, 0.2) is 11.6 Å². The van der Waals surface area contributed by atoms with E-state index < -0.39 is 16.9 Å². The third-order valence-electron chi connectivity index (χ3n) is 4.99. The molecule has 0 saturated carbocycles. The van der Waals surface area contributed by atoms with Gasteiger partial charge in [-0.25, -0.2) is 19.6 Å². The summed E-state index contributed by atoms with van der Waals surface area (Å²) in [7, 11) is 0. The van der Waals surface area contributed by atoms with Crippen molar-refractivity contribution in [1.82, 2.24) is 9.97 Å². The molecule has 0 aliphatic carbocycles. The zero-order valence-corrected chi connectivity index (χ0v) is 19.0. The number of nitrogens with one attached hydrogen (secondary N) is 2. The molecule has 1 heterocycles. The first-order chi connectivity index (χ1) is 17.8. The van der Waals surface area contributed by atoms with Gasteiger partial charge in [-0.15, -0.1) is 0 Å². The largest absolute Gasteiger partial charge is 0.478 e. The molecule has 3 aromatic carbocycles. The van der Waals surface area contributed by atoms with E-state index in [2.05, 4.69) is 20.6 Å². The summed E-state index contributed by atoms with van der Waals surface area (Å²) in [5.41, 5.74) is 3.03. The van der Waals surface area contributed by atoms with Gasteiger partial charge in [0.05, 0.1) is 16.0 Å². The van der Waals surface area contributed by atoms with Crippen LogP contribution in [-0.4, -0.2) is 37.0 Å². The predicted molar refractivity (Wildman–Crippen MR) is 139 cm³/mol. The minimum Gasteiger partial charge on any atom is -0.478 e. The first-order valence-corrected chi connectivity index (χ1v) is 10.8. The van der Waals surface area contributed by atoms with Crippen molar-refractivity contribution in [3.63, 3.8) is 0 Å². The van der Waals surface area contributed by atoms with Gasteiger partial charge in [-0.1, -0.05) is 24.3 Å². The summed E-state index contributed by atoms with van der Waals surface area (Å²) in [4.78, 5) is 41.6. The summed E-state index contributed by atoms with van der Waals surface area (Å²) in [6.07, 6.45) is 4.94. The number of carbonyl (C=O) groups is 2. The summed E-state index contributed by atoms with van der Waals surface area (Å²) in [6, 6.07) is 18.0. The average Bonchev–Trinajstić information content (AvgIpc) is 2.86. The second-order valence-electron chi connectivity index (χ2n) is 7.70. The average molecular weight is 497 g/mol. The Morgan fingerprint density at radius 1 is 0.757 bits per heavy atom. The normalized spacial score (nSPS) is 11.1. The van der Waals surface area contributed by atoms with Crippen LogP contribution < -0.4 is 10.6 Å². The van der Waals surface area contributed by atoms with E-state index >= 15 is 0 Å². The number of rotatable bonds is 9. The van der Waals surface area contributed by atoms with Crippen molar-refractivity contribution in [3.8, 4) is 0 Å². The Bertz CT molecular complexity index is 1580. The van der Waals surface area contributed by atoms with Crippen molar-refractivity contribution in [2.24, 2.45) is 0 Å². The molecule has 0 aliphatic rings. The number of carboxylic acids is 2. The predicted octanol–water partition coefficient (Wildman–Crippen LogP) is 5.22. The van der Waals surface area contributed by atoms with Gasteiger partial charge in [0.2, 0.25) is 0 Å². The number of anilines is 4. The van der Waals surface area contributed by atoms with Crippen molar-refractivity contribution < 1.29 is 24.7 Å². The van der Waals surface area contributed by atoms with Crippen LogP contribution >= 0.6 is 0 Å². The smallest absolute Gasteiger partial charge is 0.328 e. The fraction of sp³-hybridized carbons (Fsp3) is 0. The summed E-state index contributed by atoms with van der Waals surface area (Å²) in [6.45, 7) is 0. The number of fused-ring (bicyclic) bond motifs is 1. The Morgan fingerprint density at radius 2 is 1.27 bits per heavy atom. The monoisotopic (exact) mass is 497 g/mol. The van der Waals surface area contributed by atoms with Crippen molar-refractivity contribution >= 4 is 63.8 Å². The van der Waals surface area contributed by atoms with Crippen LogP contribution in [0, 0.1) is 10.1 Å². The number of aromatic nitrogens is 2. The molecule has 0 radical (unpaired) electrons. The summed E-state index contributed by atoms with van der Waals surface area (Å²) in [5.74, 6) is -1.57. The molecule has 0 spiro atoms. The third kappa shape index (κ3) is 6.51. The number of nitrogens with zero attached hydrogens (tertiary/aromatic N) is 3. The summed E-state index contributed by atoms with van der Waals surface area (Å²) < 4.78 is 0. The third-order valence-corrected chi connectivity index (χ3v) is 4.99. The van der Waals surface area contributed by atoms with E-state index in [1.54, 1.807) is 48.5 Å². The van der Waals surface area contributed by atoms with E-state index in [4.69, 9.17) is 10.2 Å². The topological polar surface area (TPSA) is 168 Å². The molecule has 0 atom stereocenters. The molecule has 37 heavy (non-hydrogen) atoms. The first kappa shape index (κ1) is 24.5. The minimum absolute atomic E-state index is 0.132. The number of carboxylic acid groups (broad SMARTS) is 2. The number of nitro groups is 1. The summed E-state index contributed by atoms with van der Waals surface area (Å²) in [5, 5.41) is 35.3. The lowest BCUT2D eigenvalue weighted by Crippen LogP contribution is -2.04. The van der Waals surface area contributed by atoms with Gasteiger partial charge in [0, 0.05) is 35.7 Å². The molecule has 0 saturated heterocycles. The molecule has 0 aliphatic heterocycles. The molecule has 0 fully saturated rings. The van der Waals surface area contributed by atoms with E-state index in [0.29, 0.717) is 39.4 Å². The molecular formula is C26H19N5O6. The van der Waals surface area contributed by atoms with Crippen molar-refractivity contribution in [2.75, 3.05) is 10.6 Å². The zero-order chi connectivity index (χ0) is 26.4. The Balaban J connectivity index is 1.75. The molecular weight excluding hydrogens is 478 g/mol. The molecule has 4 N–H and O–H groups in total. The second-order valence-corrected chi connectivity index (χ2v) is 7.70. The lowest BCUT2D eigenvalue weighted by molar-refractivity contribution is -0.384. The van der Waals surface area contributed by atoms with E-state index in [1.807, 2.05) is 0 Å². The quantitative estimate of drug-likeness (QED) is 0.137. The standard InChI is InChI=1S/C26H19N5O6/c32-23(33)11-7-16-3-1-5-18(13-16)27-25-26(28-19-6-2-4-17(14-19)8-12-24(34)35)30-22-15-20(31(36)37)9-10-21(22)29-25/h1-15H,(H,27,29)(H,28,30)(H,32,33)(H,34,35)/b11-7-,12-8-. The van der Waals surface area contributed by atoms with Gasteiger partial charge in [-0.3, -0.25) is 10.1 Å². The van der Waals surface area contributed by atoms with Gasteiger partial charge in [0.25, 0.3) is 5.69 Å². The number of hydrogen-bond donors (Lipinski definition) is 4. The molecule has 0 unspecified atom stereocenters. The van der Waals surface area contributed by atoms with Gasteiger partial charge in [-0.2, -0.15) is 0 Å². The van der Waals surface area contributed by atoms with Crippen LogP contribution in [-0.2, 0) is 9.59 Å². The number of nitro benzene ring substituents is 1. The van der Waals surface area contributed by atoms with E-state index in [1.165, 1.54) is 30.4 Å². The Kier molecular flexibility index (Phi) is 7.15. The van der Waals surface area contributed by atoms with Gasteiger partial charge >= 0.3 is 11.9 Å². The van der Waals surface area contributed by atoms with Crippen LogP contribution in [0.3, 0.4) is 0 Å². The van der Waals surface area contributed by atoms with Crippen molar-refractivity contribution in [3.05, 3.63) is 100 Å². The van der Waals surface area contributed by atoms with E-state index in [-0.39, 0.29) is 11.5 Å². The van der Waals surface area contributed by atoms with Crippen LogP contribution in [0.25, 0.3) is 23.2 Å². The van der Waals surface area contributed by atoms with Gasteiger partial charge in [0.1, 0.15) is 0 Å². The van der Waals surface area contributed by atoms with Crippen molar-refractivity contribution in [1.29, 1.82) is 0 Å². The highest BCUT2D eigenvalue weighted by molar-refractivity contribution is 5.87. The SMILES string of the molecule is O=C(O)/C=C\c1cccc(Nc2nc3ccc([N+](=O)[O-])cc3nc2Nc2cccc(/C=C\C(=O)O)c2)c1. The molecule has 4 rings (SSSR count). The van der Waals surface area contributed by atoms with Gasteiger partial charge in [-0.05, 0) is 53.6 Å². The molecule has 11 heteroatoms. The molecule has 184 valence electrons. The highest BCUT2D eigenvalue weighted by atomic mass is 16.6. The van der Waals surface area contributed by atoms with Crippen LogP contribution in [0.5, 0.6) is 0 Å². The highest BCUT2D eigenvalue weighted by Crippen LogP contribution is 2.30. The zero-order valence-electron chi connectivity index (χ0n) is 19.0. The second kappa shape index (κ2) is 10.8. The maximum absolute atomic E-state index is 11.2. The minimum atomic E-state index is -1.08. The van der Waals surface area contributed by atoms with Crippen molar-refractivity contribution in [2.45, 2.75) is 0 Å². The maximum atomic E-state index is 11.2. The Morgan fingerprint density at radius 3 is 1.76 bits per heavy atom. The lowest BCUT2D eigenvalue weighted by Gasteiger charge is -2.14. The van der Waals surface area contributed by atoms with Crippen LogP contribution in [0.1, 0.15) is 11.1 Å². The fourth-order valence-electron chi connectivity index (χ4n) is 3.38. The number of benzene rings is 3. The maximum Gasteiger partial charge on any atom is 0.328 e. The Labute approximate surface area is 209 Å². The van der Waals surface area contributed by atoms with Crippen LogP contribution in [0.2, 0.25) is 0 Å². The van der Waals surface area contributed by atoms with E-state index in [9.17, 15) is 19.7 Å². The molecule has 1 aromatic heterocycles. The molecule has 4 aromatic rings. The molecule has 0 amide bonds. The van der Waals surface area contributed by atoms with Crippen LogP contribution in [0.4, 0.5) is 28.7 Å². The summed E-state index contributed by atoms with van der Waals surface area (Å²) >= 11 is 0. The Hall–Kier alpha value is -5.58. The fourth-order valence-corrected chi connectivity index (χ4v) is 3.38. The van der Waals surface area contributed by atoms with E-state index in [0.717, 1.165) is 12.2 Å².